The molecule has 0 amide bonds. The van der Waals surface area contributed by atoms with Crippen LogP contribution in [0.4, 0.5) is 0 Å². The number of aromatic nitrogens is 2. The number of nitrogens with one attached hydrogen (secondary N) is 1. The Bertz CT molecular complexity index is 444. The number of hydrogen-bond acceptors (Lipinski definition) is 3. The van der Waals surface area contributed by atoms with Gasteiger partial charge >= 0.3 is 0 Å². The summed E-state index contributed by atoms with van der Waals surface area (Å²) < 4.78 is 2.08. The summed E-state index contributed by atoms with van der Waals surface area (Å²) in [7, 11) is 0. The van der Waals surface area contributed by atoms with Gasteiger partial charge < -0.3 is 5.32 Å². The Morgan fingerprint density at radius 3 is 2.81 bits per heavy atom. The second-order valence-electron chi connectivity index (χ2n) is 5.91. The van der Waals surface area contributed by atoms with Crippen LogP contribution in [0.3, 0.4) is 0 Å². The third kappa shape index (κ3) is 4.21. The van der Waals surface area contributed by atoms with Crippen molar-refractivity contribution in [3.05, 3.63) is 16.4 Å². The predicted molar refractivity (Wildman–Crippen MR) is 88.9 cm³/mol. The number of hydrogen-bond donors (Lipinski definition) is 1. The Morgan fingerprint density at radius 2 is 2.14 bits per heavy atom. The molecule has 1 aliphatic heterocycles. The molecular formula is C16H29ClN4. The molecular weight excluding hydrogens is 284 g/mol. The number of aryl methyl sites for hydroxylation is 2. The Hall–Kier alpha value is -0.580. The molecule has 1 aromatic rings. The molecule has 1 atom stereocenters. The van der Waals surface area contributed by atoms with Crippen molar-refractivity contribution in [2.75, 3.05) is 19.6 Å². The van der Waals surface area contributed by atoms with E-state index < -0.39 is 0 Å². The van der Waals surface area contributed by atoms with E-state index in [1.54, 1.807) is 0 Å². The van der Waals surface area contributed by atoms with Crippen molar-refractivity contribution in [1.82, 2.24) is 20.0 Å². The maximum atomic E-state index is 6.54. The van der Waals surface area contributed by atoms with E-state index >= 15 is 0 Å². The lowest BCUT2D eigenvalue weighted by Gasteiger charge is -2.24. The molecule has 2 heterocycles. The fraction of sp³-hybridized carbons (Fsp3) is 0.812. The average molecular weight is 313 g/mol. The standard InChI is InChI=1S/C16H29ClN4/c1-4-8-13-11-20(10-7-9-18-13)12-15-16(17)14(5-2)19-21(15)6-3/h13,18H,4-12H2,1-3H3. The summed E-state index contributed by atoms with van der Waals surface area (Å²) in [6.07, 6.45) is 4.59. The van der Waals surface area contributed by atoms with Gasteiger partial charge in [-0.1, -0.05) is 31.9 Å². The predicted octanol–water partition coefficient (Wildman–Crippen LogP) is 3.08. The SMILES string of the molecule is CCCC1CN(Cc2c(Cl)c(CC)nn2CC)CCCN1. The first-order valence-corrected chi connectivity index (χ1v) is 8.77. The van der Waals surface area contributed by atoms with Crippen LogP contribution in [0.2, 0.25) is 5.02 Å². The van der Waals surface area contributed by atoms with Gasteiger partial charge in [-0.05, 0) is 39.3 Å². The van der Waals surface area contributed by atoms with Crippen molar-refractivity contribution in [3.63, 3.8) is 0 Å². The molecule has 1 unspecified atom stereocenters. The van der Waals surface area contributed by atoms with Gasteiger partial charge in [0.2, 0.25) is 0 Å². The zero-order chi connectivity index (χ0) is 15.2. The highest BCUT2D eigenvalue weighted by atomic mass is 35.5. The second kappa shape index (κ2) is 8.16. The third-order valence-corrected chi connectivity index (χ3v) is 4.70. The minimum Gasteiger partial charge on any atom is -0.313 e. The van der Waals surface area contributed by atoms with Crippen LogP contribution in [0.25, 0.3) is 0 Å². The van der Waals surface area contributed by atoms with Gasteiger partial charge in [0.25, 0.3) is 0 Å². The van der Waals surface area contributed by atoms with Gasteiger partial charge in [-0.2, -0.15) is 5.10 Å². The van der Waals surface area contributed by atoms with Crippen LogP contribution < -0.4 is 5.32 Å². The Labute approximate surface area is 133 Å². The molecule has 0 radical (unpaired) electrons. The third-order valence-electron chi connectivity index (χ3n) is 4.27. The first-order chi connectivity index (χ1) is 10.2. The van der Waals surface area contributed by atoms with E-state index in [2.05, 4.69) is 40.8 Å². The van der Waals surface area contributed by atoms with Crippen molar-refractivity contribution in [3.8, 4) is 0 Å². The Balaban J connectivity index is 2.10. The first-order valence-electron chi connectivity index (χ1n) is 8.39. The molecule has 1 aromatic heterocycles. The largest absolute Gasteiger partial charge is 0.313 e. The van der Waals surface area contributed by atoms with Gasteiger partial charge in [0.1, 0.15) is 0 Å². The molecule has 0 bridgehead atoms. The average Bonchev–Trinajstić information content (AvgIpc) is 2.64. The smallest absolute Gasteiger partial charge is 0.0863 e. The molecule has 1 aliphatic rings. The van der Waals surface area contributed by atoms with Gasteiger partial charge in [-0.25, -0.2) is 0 Å². The highest BCUT2D eigenvalue weighted by Crippen LogP contribution is 2.23. The van der Waals surface area contributed by atoms with Crippen LogP contribution in [0, 0.1) is 0 Å². The summed E-state index contributed by atoms with van der Waals surface area (Å²) in [6, 6.07) is 0.611. The normalized spacial score (nSPS) is 20.7. The molecule has 1 N–H and O–H groups in total. The summed E-state index contributed by atoms with van der Waals surface area (Å²) in [4.78, 5) is 2.54. The molecule has 120 valence electrons. The molecule has 1 fully saturated rings. The van der Waals surface area contributed by atoms with E-state index in [4.69, 9.17) is 11.6 Å². The van der Waals surface area contributed by atoms with Crippen LogP contribution in [-0.4, -0.2) is 40.4 Å². The Kier molecular flexibility index (Phi) is 6.52. The summed E-state index contributed by atoms with van der Waals surface area (Å²) in [6.45, 7) is 11.7. The van der Waals surface area contributed by atoms with E-state index in [-0.39, 0.29) is 0 Å². The van der Waals surface area contributed by atoms with Crippen molar-refractivity contribution in [2.24, 2.45) is 0 Å². The number of halogens is 1. The van der Waals surface area contributed by atoms with Gasteiger partial charge in [0.15, 0.2) is 0 Å². The van der Waals surface area contributed by atoms with Crippen molar-refractivity contribution >= 4 is 11.6 Å². The summed E-state index contributed by atoms with van der Waals surface area (Å²) >= 11 is 6.54. The monoisotopic (exact) mass is 312 g/mol. The van der Waals surface area contributed by atoms with E-state index in [1.165, 1.54) is 25.0 Å². The van der Waals surface area contributed by atoms with Crippen LogP contribution in [-0.2, 0) is 19.5 Å². The molecule has 1 saturated heterocycles. The highest BCUT2D eigenvalue weighted by molar-refractivity contribution is 6.31. The van der Waals surface area contributed by atoms with Crippen molar-refractivity contribution in [1.29, 1.82) is 0 Å². The van der Waals surface area contributed by atoms with Gasteiger partial charge in [-0.15, -0.1) is 0 Å². The first kappa shape index (κ1) is 16.8. The lowest BCUT2D eigenvalue weighted by Crippen LogP contribution is -2.37. The van der Waals surface area contributed by atoms with Crippen molar-refractivity contribution < 1.29 is 0 Å². The van der Waals surface area contributed by atoms with Crippen LogP contribution in [0.1, 0.15) is 51.4 Å². The molecule has 5 heteroatoms. The van der Waals surface area contributed by atoms with Crippen LogP contribution in [0.15, 0.2) is 0 Å². The molecule has 4 nitrogen and oxygen atoms in total. The van der Waals surface area contributed by atoms with Gasteiger partial charge in [-0.3, -0.25) is 9.58 Å². The minimum atomic E-state index is 0.611. The van der Waals surface area contributed by atoms with Crippen molar-refractivity contribution in [2.45, 2.75) is 65.6 Å². The van der Waals surface area contributed by atoms with E-state index in [0.717, 1.165) is 49.9 Å². The summed E-state index contributed by atoms with van der Waals surface area (Å²) in [5.74, 6) is 0. The van der Waals surface area contributed by atoms with Crippen LogP contribution >= 0.6 is 11.6 Å². The second-order valence-corrected chi connectivity index (χ2v) is 6.28. The van der Waals surface area contributed by atoms with Crippen LogP contribution in [0.5, 0.6) is 0 Å². The molecule has 0 spiro atoms. The fourth-order valence-corrected chi connectivity index (χ4v) is 3.47. The Morgan fingerprint density at radius 1 is 1.33 bits per heavy atom. The molecule has 0 aromatic carbocycles. The molecule has 0 saturated carbocycles. The molecule has 2 rings (SSSR count). The number of nitrogens with zero attached hydrogens (tertiary/aromatic N) is 3. The number of rotatable bonds is 6. The zero-order valence-corrected chi connectivity index (χ0v) is 14.4. The summed E-state index contributed by atoms with van der Waals surface area (Å²) in [5.41, 5.74) is 2.22. The maximum Gasteiger partial charge on any atom is 0.0863 e. The van der Waals surface area contributed by atoms with E-state index in [0.29, 0.717) is 6.04 Å². The van der Waals surface area contributed by atoms with Gasteiger partial charge in [0.05, 0.1) is 16.4 Å². The highest BCUT2D eigenvalue weighted by Gasteiger charge is 2.21. The van der Waals surface area contributed by atoms with E-state index in [9.17, 15) is 0 Å². The lowest BCUT2D eigenvalue weighted by atomic mass is 10.1. The topological polar surface area (TPSA) is 33.1 Å². The lowest BCUT2D eigenvalue weighted by molar-refractivity contribution is 0.247. The quantitative estimate of drug-likeness (QED) is 0.876. The van der Waals surface area contributed by atoms with E-state index in [1.807, 2.05) is 0 Å². The van der Waals surface area contributed by atoms with Gasteiger partial charge in [0, 0.05) is 25.7 Å². The maximum absolute atomic E-state index is 6.54. The summed E-state index contributed by atoms with van der Waals surface area (Å²) in [5, 5.41) is 9.17. The molecule has 0 aliphatic carbocycles. The minimum absolute atomic E-state index is 0.611. The fourth-order valence-electron chi connectivity index (χ4n) is 3.14. The molecule has 21 heavy (non-hydrogen) atoms. The zero-order valence-electron chi connectivity index (χ0n) is 13.7.